The van der Waals surface area contributed by atoms with Crippen LogP contribution in [0.2, 0.25) is 0 Å². The van der Waals surface area contributed by atoms with E-state index >= 15 is 0 Å². The highest BCUT2D eigenvalue weighted by Gasteiger charge is 2.32. The van der Waals surface area contributed by atoms with E-state index < -0.39 is 17.2 Å². The largest absolute Gasteiger partial charge is 0.385 e. The summed E-state index contributed by atoms with van der Waals surface area (Å²) in [6, 6.07) is 3.75. The Bertz CT molecular complexity index is 352. The summed E-state index contributed by atoms with van der Waals surface area (Å²) in [5, 5.41) is 10.1. The molecule has 2 nitrogen and oxygen atoms in total. The van der Waals surface area contributed by atoms with Crippen LogP contribution in [-0.2, 0) is 5.60 Å². The van der Waals surface area contributed by atoms with Crippen LogP contribution in [0.15, 0.2) is 18.2 Å². The lowest BCUT2D eigenvalue weighted by Gasteiger charge is -2.30. The Balaban J connectivity index is 3.20. The predicted octanol–water partition coefficient (Wildman–Crippen LogP) is 1.77. The summed E-state index contributed by atoms with van der Waals surface area (Å²) in [6.45, 7) is 3.32. The molecule has 1 aromatic carbocycles. The lowest BCUT2D eigenvalue weighted by molar-refractivity contribution is 0.00140. The molecule has 0 fully saturated rings. The highest BCUT2D eigenvalue weighted by molar-refractivity contribution is 5.25. The van der Waals surface area contributed by atoms with Gasteiger partial charge < -0.3 is 10.8 Å². The summed E-state index contributed by atoms with van der Waals surface area (Å²) in [4.78, 5) is 0. The van der Waals surface area contributed by atoms with Gasteiger partial charge in [0.05, 0.1) is 5.60 Å². The zero-order valence-corrected chi connectivity index (χ0v) is 8.80. The van der Waals surface area contributed by atoms with Gasteiger partial charge in [0.15, 0.2) is 11.6 Å². The number of rotatable bonds is 3. The van der Waals surface area contributed by atoms with Crippen molar-refractivity contribution in [1.29, 1.82) is 0 Å². The van der Waals surface area contributed by atoms with E-state index in [1.54, 1.807) is 6.92 Å². The van der Waals surface area contributed by atoms with Crippen LogP contribution in [0.5, 0.6) is 0 Å². The average molecular weight is 215 g/mol. The third-order valence-corrected chi connectivity index (χ3v) is 2.81. The van der Waals surface area contributed by atoms with Crippen LogP contribution in [0.25, 0.3) is 0 Å². The van der Waals surface area contributed by atoms with Crippen molar-refractivity contribution in [2.75, 3.05) is 6.54 Å². The van der Waals surface area contributed by atoms with Gasteiger partial charge in [-0.3, -0.25) is 0 Å². The standard InChI is InChI=1S/C11H15F2NO/c1-7(6-14)11(2,15)8-4-3-5-9(12)10(8)13/h3-5,7,15H,6,14H2,1-2H3. The summed E-state index contributed by atoms with van der Waals surface area (Å²) in [5.41, 5.74) is 3.89. The van der Waals surface area contributed by atoms with E-state index in [1.165, 1.54) is 19.1 Å². The Kier molecular flexibility index (Phi) is 3.42. The van der Waals surface area contributed by atoms with Crippen molar-refractivity contribution >= 4 is 0 Å². The van der Waals surface area contributed by atoms with Crippen LogP contribution in [0.3, 0.4) is 0 Å². The number of benzene rings is 1. The Morgan fingerprint density at radius 1 is 1.47 bits per heavy atom. The maximum absolute atomic E-state index is 13.4. The van der Waals surface area contributed by atoms with Crippen molar-refractivity contribution < 1.29 is 13.9 Å². The number of halogens is 2. The van der Waals surface area contributed by atoms with Crippen molar-refractivity contribution in [3.63, 3.8) is 0 Å². The molecule has 3 N–H and O–H groups in total. The maximum Gasteiger partial charge on any atom is 0.164 e. The first-order valence-electron chi connectivity index (χ1n) is 4.78. The number of aliphatic hydroxyl groups is 1. The topological polar surface area (TPSA) is 46.2 Å². The monoisotopic (exact) mass is 215 g/mol. The normalized spacial score (nSPS) is 17.2. The van der Waals surface area contributed by atoms with E-state index in [2.05, 4.69) is 0 Å². The molecule has 0 aliphatic heterocycles. The van der Waals surface area contributed by atoms with Gasteiger partial charge in [-0.05, 0) is 19.5 Å². The minimum Gasteiger partial charge on any atom is -0.385 e. The summed E-state index contributed by atoms with van der Waals surface area (Å²) in [5.74, 6) is -2.33. The SMILES string of the molecule is CC(CN)C(C)(O)c1cccc(F)c1F. The van der Waals surface area contributed by atoms with Crippen LogP contribution in [0.4, 0.5) is 8.78 Å². The smallest absolute Gasteiger partial charge is 0.164 e. The van der Waals surface area contributed by atoms with Gasteiger partial charge in [-0.2, -0.15) is 0 Å². The molecule has 0 aliphatic carbocycles. The first kappa shape index (κ1) is 12.1. The first-order valence-corrected chi connectivity index (χ1v) is 4.78. The van der Waals surface area contributed by atoms with Gasteiger partial charge in [0.25, 0.3) is 0 Å². The fourth-order valence-electron chi connectivity index (χ4n) is 1.39. The molecule has 0 radical (unpaired) electrons. The third-order valence-electron chi connectivity index (χ3n) is 2.81. The van der Waals surface area contributed by atoms with Gasteiger partial charge in [-0.25, -0.2) is 8.78 Å². The Hall–Kier alpha value is -1.00. The van der Waals surface area contributed by atoms with Crippen molar-refractivity contribution in [2.45, 2.75) is 19.4 Å². The van der Waals surface area contributed by atoms with Crippen LogP contribution in [0, 0.1) is 17.6 Å². The molecule has 0 aromatic heterocycles. The molecule has 0 spiro atoms. The lowest BCUT2D eigenvalue weighted by atomic mass is 9.84. The van der Waals surface area contributed by atoms with Gasteiger partial charge in [-0.15, -0.1) is 0 Å². The number of hydrogen-bond donors (Lipinski definition) is 2. The fourth-order valence-corrected chi connectivity index (χ4v) is 1.39. The minimum absolute atomic E-state index is 0.0551. The highest BCUT2D eigenvalue weighted by atomic mass is 19.2. The van der Waals surface area contributed by atoms with Gasteiger partial charge in [0.1, 0.15) is 0 Å². The zero-order valence-electron chi connectivity index (χ0n) is 8.80. The van der Waals surface area contributed by atoms with E-state index in [0.717, 1.165) is 6.07 Å². The van der Waals surface area contributed by atoms with Crippen molar-refractivity contribution in [3.8, 4) is 0 Å². The molecule has 0 heterocycles. The van der Waals surface area contributed by atoms with E-state index in [0.29, 0.717) is 0 Å². The van der Waals surface area contributed by atoms with E-state index in [9.17, 15) is 13.9 Å². The zero-order chi connectivity index (χ0) is 11.6. The molecule has 0 aliphatic rings. The predicted molar refractivity (Wildman–Crippen MR) is 54.1 cm³/mol. The second kappa shape index (κ2) is 4.24. The molecule has 1 rings (SSSR count). The molecule has 0 saturated heterocycles. The fraction of sp³-hybridized carbons (Fsp3) is 0.455. The van der Waals surface area contributed by atoms with E-state index in [1.807, 2.05) is 0 Å². The molecule has 15 heavy (non-hydrogen) atoms. The average Bonchev–Trinajstić information content (AvgIpc) is 2.20. The molecule has 84 valence electrons. The van der Waals surface area contributed by atoms with Crippen LogP contribution >= 0.6 is 0 Å². The molecular formula is C11H15F2NO. The van der Waals surface area contributed by atoms with Crippen molar-refractivity contribution in [1.82, 2.24) is 0 Å². The molecule has 2 atom stereocenters. The maximum atomic E-state index is 13.4. The van der Waals surface area contributed by atoms with Crippen LogP contribution < -0.4 is 5.73 Å². The van der Waals surface area contributed by atoms with Gasteiger partial charge in [0, 0.05) is 11.5 Å². The van der Waals surface area contributed by atoms with Gasteiger partial charge >= 0.3 is 0 Å². The minimum atomic E-state index is -1.46. The molecular weight excluding hydrogens is 200 g/mol. The lowest BCUT2D eigenvalue weighted by Crippen LogP contribution is -2.35. The third kappa shape index (κ3) is 2.16. The van der Waals surface area contributed by atoms with E-state index in [4.69, 9.17) is 5.73 Å². The van der Waals surface area contributed by atoms with Crippen molar-refractivity contribution in [2.24, 2.45) is 11.7 Å². The van der Waals surface area contributed by atoms with Gasteiger partial charge in [-0.1, -0.05) is 19.1 Å². The number of nitrogens with two attached hydrogens (primary N) is 1. The quantitative estimate of drug-likeness (QED) is 0.807. The van der Waals surface area contributed by atoms with E-state index in [-0.39, 0.29) is 18.0 Å². The summed E-state index contributed by atoms with van der Waals surface area (Å²) in [7, 11) is 0. The molecule has 0 amide bonds. The summed E-state index contributed by atoms with van der Waals surface area (Å²) in [6.07, 6.45) is 0. The highest BCUT2D eigenvalue weighted by Crippen LogP contribution is 2.31. The van der Waals surface area contributed by atoms with Crippen LogP contribution in [-0.4, -0.2) is 11.7 Å². The molecule has 4 heteroatoms. The Labute approximate surface area is 87.7 Å². The summed E-state index contributed by atoms with van der Waals surface area (Å²) >= 11 is 0. The Morgan fingerprint density at radius 3 is 2.60 bits per heavy atom. The Morgan fingerprint density at radius 2 is 2.07 bits per heavy atom. The molecule has 2 unspecified atom stereocenters. The number of hydrogen-bond acceptors (Lipinski definition) is 2. The molecule has 0 bridgehead atoms. The molecule has 1 aromatic rings. The van der Waals surface area contributed by atoms with Gasteiger partial charge in [0.2, 0.25) is 0 Å². The van der Waals surface area contributed by atoms with Crippen molar-refractivity contribution in [3.05, 3.63) is 35.4 Å². The molecule has 0 saturated carbocycles. The second-order valence-corrected chi connectivity index (χ2v) is 3.89. The van der Waals surface area contributed by atoms with Crippen LogP contribution in [0.1, 0.15) is 19.4 Å². The second-order valence-electron chi connectivity index (χ2n) is 3.89. The summed E-state index contributed by atoms with van der Waals surface area (Å²) < 4.78 is 26.4. The first-order chi connectivity index (χ1) is 6.91.